The lowest BCUT2D eigenvalue weighted by Crippen LogP contribution is -2.71. The Morgan fingerprint density at radius 1 is 0.895 bits per heavy atom. The van der Waals surface area contributed by atoms with Gasteiger partial charge in [-0.3, -0.25) is 0 Å². The van der Waals surface area contributed by atoms with Crippen molar-refractivity contribution < 1.29 is 5.11 Å². The van der Waals surface area contributed by atoms with Crippen LogP contribution in [0.2, 0.25) is 0 Å². The van der Waals surface area contributed by atoms with Gasteiger partial charge in [0.15, 0.2) is 0 Å². The summed E-state index contributed by atoms with van der Waals surface area (Å²) in [5, 5.41) is 14.8. The highest BCUT2D eigenvalue weighted by Crippen LogP contribution is 2.51. The molecule has 2 saturated carbocycles. The summed E-state index contributed by atoms with van der Waals surface area (Å²) in [5.41, 5.74) is 0.0513. The lowest BCUT2D eigenvalue weighted by Gasteiger charge is -2.59. The zero-order valence-electron chi connectivity index (χ0n) is 12.7. The predicted octanol–water partition coefficient (Wildman–Crippen LogP) is 3.48. The van der Waals surface area contributed by atoms with Crippen LogP contribution in [0.3, 0.4) is 0 Å². The molecule has 0 aromatic rings. The van der Waals surface area contributed by atoms with Gasteiger partial charge in [-0.1, -0.05) is 26.2 Å². The molecule has 19 heavy (non-hydrogen) atoms. The molecule has 2 N–H and O–H groups in total. The molecule has 0 radical (unpaired) electrons. The van der Waals surface area contributed by atoms with Gasteiger partial charge in [0.2, 0.25) is 0 Å². The molecular weight excluding hydrogens is 234 g/mol. The summed E-state index contributed by atoms with van der Waals surface area (Å²) in [6.07, 6.45) is 11.5. The molecule has 1 aliphatic heterocycles. The minimum absolute atomic E-state index is 0.0513. The Morgan fingerprint density at radius 2 is 1.63 bits per heavy atom. The van der Waals surface area contributed by atoms with Crippen molar-refractivity contribution >= 4 is 0 Å². The molecule has 0 aromatic heterocycles. The molecule has 3 aliphatic rings. The highest BCUT2D eigenvalue weighted by molar-refractivity contribution is 5.11. The standard InChI is InChI=1S/C17H31NO/c1-12-8-11-16(19)17(14-6-4-3-5-7-14)15(12)10-9-13(2)18-17/h12-16,18-19H,3-11H2,1-2H3. The fourth-order valence-electron chi connectivity index (χ4n) is 5.51. The van der Waals surface area contributed by atoms with E-state index in [4.69, 9.17) is 0 Å². The van der Waals surface area contributed by atoms with Gasteiger partial charge in [0.1, 0.15) is 0 Å². The van der Waals surface area contributed by atoms with E-state index in [1.807, 2.05) is 0 Å². The molecule has 2 heteroatoms. The number of hydrogen-bond acceptors (Lipinski definition) is 2. The Hall–Kier alpha value is -0.0800. The smallest absolute Gasteiger partial charge is 0.0727 e. The van der Waals surface area contributed by atoms with Crippen molar-refractivity contribution in [2.24, 2.45) is 17.8 Å². The summed E-state index contributed by atoms with van der Waals surface area (Å²) >= 11 is 0. The molecule has 2 aliphatic carbocycles. The summed E-state index contributed by atoms with van der Waals surface area (Å²) < 4.78 is 0. The van der Waals surface area contributed by atoms with Crippen LogP contribution >= 0.6 is 0 Å². The van der Waals surface area contributed by atoms with Crippen LogP contribution in [0.1, 0.15) is 71.6 Å². The minimum Gasteiger partial charge on any atom is -0.391 e. The van der Waals surface area contributed by atoms with Gasteiger partial charge in [-0.05, 0) is 63.2 Å². The number of fused-ring (bicyclic) bond motifs is 1. The number of piperidine rings is 1. The fourth-order valence-corrected chi connectivity index (χ4v) is 5.51. The Morgan fingerprint density at radius 3 is 2.37 bits per heavy atom. The first kappa shape index (κ1) is 13.9. The number of hydrogen-bond donors (Lipinski definition) is 2. The van der Waals surface area contributed by atoms with Crippen molar-refractivity contribution in [3.05, 3.63) is 0 Å². The van der Waals surface area contributed by atoms with Crippen LogP contribution in [0.4, 0.5) is 0 Å². The van der Waals surface area contributed by atoms with Gasteiger partial charge in [-0.2, -0.15) is 0 Å². The van der Waals surface area contributed by atoms with Crippen molar-refractivity contribution in [1.29, 1.82) is 0 Å². The van der Waals surface area contributed by atoms with Crippen molar-refractivity contribution in [2.45, 2.75) is 89.3 Å². The summed E-state index contributed by atoms with van der Waals surface area (Å²) in [4.78, 5) is 0. The topological polar surface area (TPSA) is 32.3 Å². The number of nitrogens with one attached hydrogen (secondary N) is 1. The highest BCUT2D eigenvalue weighted by Gasteiger charge is 2.55. The van der Waals surface area contributed by atoms with E-state index >= 15 is 0 Å². The molecule has 5 atom stereocenters. The largest absolute Gasteiger partial charge is 0.391 e. The van der Waals surface area contributed by atoms with Crippen LogP contribution in [-0.2, 0) is 0 Å². The molecule has 5 unspecified atom stereocenters. The first-order valence-electron chi connectivity index (χ1n) is 8.60. The molecule has 0 bridgehead atoms. The third-order valence-electron chi connectivity index (χ3n) is 6.44. The SMILES string of the molecule is CC1CCC2C(C)CCC(O)C2(C2CCCCC2)N1. The molecule has 1 heterocycles. The average Bonchev–Trinajstić information content (AvgIpc) is 2.44. The van der Waals surface area contributed by atoms with Crippen LogP contribution < -0.4 is 5.32 Å². The summed E-state index contributed by atoms with van der Waals surface area (Å²) in [5.74, 6) is 2.20. The molecule has 1 saturated heterocycles. The molecule has 0 amide bonds. The van der Waals surface area contributed by atoms with Crippen molar-refractivity contribution in [2.75, 3.05) is 0 Å². The number of rotatable bonds is 1. The number of aliphatic hydroxyl groups is 1. The quantitative estimate of drug-likeness (QED) is 0.761. The van der Waals surface area contributed by atoms with Crippen molar-refractivity contribution in [3.8, 4) is 0 Å². The Bertz CT molecular complexity index is 312. The van der Waals surface area contributed by atoms with Crippen LogP contribution in [-0.4, -0.2) is 22.8 Å². The van der Waals surface area contributed by atoms with Gasteiger partial charge in [0, 0.05) is 6.04 Å². The Labute approximate surface area is 118 Å². The van der Waals surface area contributed by atoms with E-state index in [1.54, 1.807) is 0 Å². The lowest BCUT2D eigenvalue weighted by molar-refractivity contribution is -0.103. The molecule has 3 fully saturated rings. The third kappa shape index (κ3) is 2.25. The normalized spacial score (nSPS) is 48.8. The van der Waals surface area contributed by atoms with E-state index in [0.717, 1.165) is 12.3 Å². The average molecular weight is 265 g/mol. The zero-order valence-corrected chi connectivity index (χ0v) is 12.7. The van der Waals surface area contributed by atoms with E-state index in [-0.39, 0.29) is 11.6 Å². The summed E-state index contributed by atoms with van der Waals surface area (Å²) in [6, 6.07) is 0.582. The van der Waals surface area contributed by atoms with Gasteiger partial charge >= 0.3 is 0 Å². The third-order valence-corrected chi connectivity index (χ3v) is 6.44. The first-order chi connectivity index (χ1) is 9.14. The fraction of sp³-hybridized carbons (Fsp3) is 1.00. The molecular formula is C17H31NO. The summed E-state index contributed by atoms with van der Waals surface area (Å²) in [6.45, 7) is 4.73. The molecule has 0 spiro atoms. The van der Waals surface area contributed by atoms with E-state index in [0.29, 0.717) is 17.9 Å². The van der Waals surface area contributed by atoms with Gasteiger partial charge in [0.25, 0.3) is 0 Å². The molecule has 0 aromatic carbocycles. The zero-order chi connectivity index (χ0) is 13.5. The number of aliphatic hydroxyl groups excluding tert-OH is 1. The van der Waals surface area contributed by atoms with Gasteiger partial charge in [-0.25, -0.2) is 0 Å². The first-order valence-corrected chi connectivity index (χ1v) is 8.60. The van der Waals surface area contributed by atoms with Crippen LogP contribution in [0.5, 0.6) is 0 Å². The Balaban J connectivity index is 1.92. The lowest BCUT2D eigenvalue weighted by atomic mass is 9.55. The maximum absolute atomic E-state index is 10.9. The monoisotopic (exact) mass is 265 g/mol. The van der Waals surface area contributed by atoms with E-state index < -0.39 is 0 Å². The summed E-state index contributed by atoms with van der Waals surface area (Å²) in [7, 11) is 0. The van der Waals surface area contributed by atoms with Gasteiger partial charge in [-0.15, -0.1) is 0 Å². The molecule has 110 valence electrons. The van der Waals surface area contributed by atoms with Crippen molar-refractivity contribution in [1.82, 2.24) is 5.32 Å². The second-order valence-electron chi connectivity index (χ2n) is 7.57. The second kappa shape index (κ2) is 5.37. The van der Waals surface area contributed by atoms with Gasteiger partial charge < -0.3 is 10.4 Å². The van der Waals surface area contributed by atoms with E-state index in [1.165, 1.54) is 51.4 Å². The van der Waals surface area contributed by atoms with Gasteiger partial charge in [0.05, 0.1) is 11.6 Å². The van der Waals surface area contributed by atoms with E-state index in [9.17, 15) is 5.11 Å². The van der Waals surface area contributed by atoms with Crippen LogP contribution in [0.15, 0.2) is 0 Å². The molecule has 2 nitrogen and oxygen atoms in total. The van der Waals surface area contributed by atoms with Crippen molar-refractivity contribution in [3.63, 3.8) is 0 Å². The second-order valence-corrected chi connectivity index (χ2v) is 7.57. The highest BCUT2D eigenvalue weighted by atomic mass is 16.3. The van der Waals surface area contributed by atoms with E-state index in [2.05, 4.69) is 19.2 Å². The Kier molecular flexibility index (Phi) is 3.92. The molecule has 3 rings (SSSR count). The maximum atomic E-state index is 10.9. The maximum Gasteiger partial charge on any atom is 0.0727 e. The predicted molar refractivity (Wildman–Crippen MR) is 79.0 cm³/mol. The van der Waals surface area contributed by atoms with Crippen LogP contribution in [0, 0.1) is 17.8 Å². The van der Waals surface area contributed by atoms with Crippen LogP contribution in [0.25, 0.3) is 0 Å². The minimum atomic E-state index is -0.112.